The molecule has 0 aromatic heterocycles. The normalized spacial score (nSPS) is 30.7. The van der Waals surface area contributed by atoms with E-state index in [0.717, 1.165) is 6.07 Å². The second-order valence-electron chi connectivity index (χ2n) is 7.90. The monoisotopic (exact) mass is 444 g/mol. The van der Waals surface area contributed by atoms with Gasteiger partial charge in [0.25, 0.3) is 0 Å². The molecule has 0 aliphatic carbocycles. The minimum absolute atomic E-state index is 0.0603. The largest absolute Gasteiger partial charge is 0.497 e. The van der Waals surface area contributed by atoms with Gasteiger partial charge in [-0.05, 0) is 37.1 Å². The summed E-state index contributed by atoms with van der Waals surface area (Å²) in [6.07, 6.45) is -0.0603. The van der Waals surface area contributed by atoms with E-state index in [0.29, 0.717) is 0 Å². The molecule has 2 rings (SSSR count). The van der Waals surface area contributed by atoms with Crippen molar-refractivity contribution in [2.75, 3.05) is 33.5 Å². The Balaban J connectivity index is 2.85. The number of methoxy groups -OCH3 is 1. The molecule has 174 valence electrons. The Bertz CT molecular complexity index is 810. The fraction of sp³-hybridized carbons (Fsp3) is 0.619. The summed E-state index contributed by atoms with van der Waals surface area (Å²) in [4.78, 5) is 25.2. The van der Waals surface area contributed by atoms with Crippen molar-refractivity contribution in [1.82, 2.24) is 5.32 Å². The molecule has 31 heavy (non-hydrogen) atoms. The number of hydrogen-bond acceptors (Lipinski definition) is 6. The molecule has 1 aliphatic rings. The van der Waals surface area contributed by atoms with Crippen LogP contribution in [-0.2, 0) is 14.3 Å². The van der Waals surface area contributed by atoms with Crippen LogP contribution in [0.25, 0.3) is 0 Å². The van der Waals surface area contributed by atoms with Crippen molar-refractivity contribution in [3.8, 4) is 5.75 Å². The van der Waals surface area contributed by atoms with Crippen LogP contribution in [0.1, 0.15) is 31.7 Å². The quantitative estimate of drug-likeness (QED) is 0.402. The minimum atomic E-state index is -1.99. The summed E-state index contributed by atoms with van der Waals surface area (Å²) in [7, 11) is 1.36. The summed E-state index contributed by atoms with van der Waals surface area (Å²) in [5.41, 5.74) is 1.49. The molecule has 1 aromatic rings. The number of carbonyl (C=O) groups is 2. The molecular formula is C21H30F2N2O6. The van der Waals surface area contributed by atoms with Gasteiger partial charge in [0.15, 0.2) is 0 Å². The van der Waals surface area contributed by atoms with Crippen LogP contribution < -0.4 is 15.8 Å². The van der Waals surface area contributed by atoms with Gasteiger partial charge in [-0.1, -0.05) is 6.92 Å². The Hall–Kier alpha value is -2.30. The molecule has 5 unspecified atom stereocenters. The van der Waals surface area contributed by atoms with Crippen molar-refractivity contribution in [1.29, 1.82) is 0 Å². The van der Waals surface area contributed by atoms with E-state index in [1.807, 2.05) is 0 Å². The fourth-order valence-electron chi connectivity index (χ4n) is 4.81. The van der Waals surface area contributed by atoms with E-state index in [4.69, 9.17) is 15.2 Å². The predicted octanol–water partition coefficient (Wildman–Crippen LogP) is 1.78. The van der Waals surface area contributed by atoms with Gasteiger partial charge in [-0.2, -0.15) is 0 Å². The summed E-state index contributed by atoms with van der Waals surface area (Å²) in [6, 6.07) is 1.44. The molecule has 8 nitrogen and oxygen atoms in total. The standard InChI is InChI=1S/C21H30F2N2O6/c1-4-21(19(28)29)16(11-31-8-7-24)25-15(10-22)20(2,18(26)27)17(21)13-9-12(30-3)5-6-14(13)23/h5-6,9,15-17,25H,4,7-8,10-11,24H2,1-3H3,(H,26,27)(H,28,29). The first-order valence-electron chi connectivity index (χ1n) is 10.0. The van der Waals surface area contributed by atoms with Gasteiger partial charge in [-0.25, -0.2) is 8.78 Å². The number of halogens is 2. The number of nitrogens with two attached hydrogens (primary N) is 1. The Kier molecular flexibility index (Phi) is 7.96. The average Bonchev–Trinajstić information content (AvgIpc) is 2.74. The molecule has 0 saturated carbocycles. The molecule has 1 heterocycles. The van der Waals surface area contributed by atoms with Gasteiger partial charge >= 0.3 is 11.9 Å². The van der Waals surface area contributed by atoms with Gasteiger partial charge in [0.2, 0.25) is 0 Å². The first kappa shape index (κ1) is 25.0. The Morgan fingerprint density at radius 3 is 2.42 bits per heavy atom. The summed E-state index contributed by atoms with van der Waals surface area (Å²) < 4.78 is 39.9. The highest BCUT2D eigenvalue weighted by Gasteiger charge is 2.66. The van der Waals surface area contributed by atoms with Crippen LogP contribution in [0, 0.1) is 16.6 Å². The molecule has 1 aliphatic heterocycles. The first-order valence-corrected chi connectivity index (χ1v) is 10.0. The molecule has 0 spiro atoms. The van der Waals surface area contributed by atoms with E-state index >= 15 is 4.39 Å². The van der Waals surface area contributed by atoms with Gasteiger partial charge in [-0.3, -0.25) is 9.59 Å². The van der Waals surface area contributed by atoms with Gasteiger partial charge in [0, 0.05) is 18.5 Å². The van der Waals surface area contributed by atoms with E-state index in [1.165, 1.54) is 26.2 Å². The van der Waals surface area contributed by atoms with Crippen LogP contribution in [0.5, 0.6) is 5.75 Å². The molecule has 0 radical (unpaired) electrons. The Labute approximate surface area is 179 Å². The lowest BCUT2D eigenvalue weighted by atomic mass is 9.51. The van der Waals surface area contributed by atoms with E-state index < -0.39 is 53.3 Å². The first-order chi connectivity index (χ1) is 14.6. The van der Waals surface area contributed by atoms with Crippen molar-refractivity contribution >= 4 is 11.9 Å². The van der Waals surface area contributed by atoms with Crippen LogP contribution in [0.4, 0.5) is 8.78 Å². The van der Waals surface area contributed by atoms with Crippen molar-refractivity contribution in [3.05, 3.63) is 29.6 Å². The third-order valence-electron chi connectivity index (χ3n) is 6.52. The maximum atomic E-state index is 15.1. The highest BCUT2D eigenvalue weighted by Crippen LogP contribution is 2.57. The van der Waals surface area contributed by atoms with E-state index in [2.05, 4.69) is 5.32 Å². The minimum Gasteiger partial charge on any atom is -0.497 e. The van der Waals surface area contributed by atoms with E-state index in [9.17, 15) is 24.2 Å². The van der Waals surface area contributed by atoms with Crippen molar-refractivity contribution in [2.24, 2.45) is 16.6 Å². The summed E-state index contributed by atoms with van der Waals surface area (Å²) in [6.45, 7) is 1.89. The number of piperidine rings is 1. The number of aliphatic carboxylic acids is 2. The number of carboxylic acids is 2. The highest BCUT2D eigenvalue weighted by atomic mass is 19.1. The van der Waals surface area contributed by atoms with Crippen LogP contribution in [0.15, 0.2) is 18.2 Å². The Morgan fingerprint density at radius 2 is 1.94 bits per heavy atom. The van der Waals surface area contributed by atoms with Gasteiger partial charge in [-0.15, -0.1) is 0 Å². The zero-order chi connectivity index (χ0) is 23.4. The van der Waals surface area contributed by atoms with E-state index in [-0.39, 0.29) is 37.5 Å². The topological polar surface area (TPSA) is 131 Å². The van der Waals surface area contributed by atoms with Crippen LogP contribution in [0.2, 0.25) is 0 Å². The molecular weight excluding hydrogens is 414 g/mol. The third-order valence-corrected chi connectivity index (χ3v) is 6.52. The number of hydrogen-bond donors (Lipinski definition) is 4. The summed E-state index contributed by atoms with van der Waals surface area (Å²) >= 11 is 0. The number of carboxylic acid groups (broad SMARTS) is 2. The number of ether oxygens (including phenoxy) is 2. The lowest BCUT2D eigenvalue weighted by Crippen LogP contribution is -2.71. The molecule has 1 fully saturated rings. The smallest absolute Gasteiger partial charge is 0.311 e. The van der Waals surface area contributed by atoms with Crippen molar-refractivity contribution < 1.29 is 38.1 Å². The molecule has 0 amide bonds. The molecule has 5 N–H and O–H groups in total. The molecule has 5 atom stereocenters. The zero-order valence-electron chi connectivity index (χ0n) is 17.9. The van der Waals surface area contributed by atoms with Crippen molar-refractivity contribution in [2.45, 2.75) is 38.3 Å². The lowest BCUT2D eigenvalue weighted by Gasteiger charge is -2.56. The molecule has 1 aromatic carbocycles. The molecule has 10 heteroatoms. The van der Waals surface area contributed by atoms with Crippen LogP contribution in [0.3, 0.4) is 0 Å². The third kappa shape index (κ3) is 4.11. The average molecular weight is 444 g/mol. The zero-order valence-corrected chi connectivity index (χ0v) is 17.9. The summed E-state index contributed by atoms with van der Waals surface area (Å²) in [5, 5.41) is 23.4. The second-order valence-corrected chi connectivity index (χ2v) is 7.90. The summed E-state index contributed by atoms with van der Waals surface area (Å²) in [5.74, 6) is -4.76. The van der Waals surface area contributed by atoms with Crippen LogP contribution in [-0.4, -0.2) is 67.8 Å². The number of benzene rings is 1. The number of rotatable bonds is 10. The Morgan fingerprint density at radius 1 is 1.26 bits per heavy atom. The fourth-order valence-corrected chi connectivity index (χ4v) is 4.81. The molecule has 0 bridgehead atoms. The number of alkyl halides is 1. The predicted molar refractivity (Wildman–Crippen MR) is 108 cm³/mol. The van der Waals surface area contributed by atoms with Gasteiger partial charge in [0.1, 0.15) is 18.2 Å². The SMILES string of the molecule is CCC1(C(=O)O)C(COCCN)NC(CF)C(C)(C(=O)O)C1c1cc(OC)ccc1F. The maximum absolute atomic E-state index is 15.1. The maximum Gasteiger partial charge on any atom is 0.311 e. The van der Waals surface area contributed by atoms with Gasteiger partial charge < -0.3 is 30.7 Å². The second kappa shape index (κ2) is 9.88. The lowest BCUT2D eigenvalue weighted by molar-refractivity contribution is -0.175. The highest BCUT2D eigenvalue weighted by molar-refractivity contribution is 5.84. The van der Waals surface area contributed by atoms with Gasteiger partial charge in [0.05, 0.1) is 37.2 Å². The molecule has 1 saturated heterocycles. The van der Waals surface area contributed by atoms with Crippen molar-refractivity contribution in [3.63, 3.8) is 0 Å². The van der Waals surface area contributed by atoms with E-state index in [1.54, 1.807) is 6.92 Å². The number of nitrogens with one attached hydrogen (secondary N) is 1. The van der Waals surface area contributed by atoms with Crippen LogP contribution >= 0.6 is 0 Å².